The van der Waals surface area contributed by atoms with E-state index in [2.05, 4.69) is 54.8 Å². The number of carbonyl (C=O) groups is 7. The molecule has 9 amide bonds. The third-order valence-corrected chi connectivity index (χ3v) is 9.50. The Labute approximate surface area is 517 Å². The van der Waals surface area contributed by atoms with Crippen molar-refractivity contribution in [2.24, 2.45) is 5.41 Å². The van der Waals surface area contributed by atoms with Crippen LogP contribution in [-0.4, -0.2) is 110 Å². The normalized spacial score (nSPS) is 14.0. The highest BCUT2D eigenvalue weighted by atomic mass is 16.6. The SMILES string of the molecule is CC(C)(C)NC(=O)NC(C)(C)C.CC(C)(C)NC(=O)NC1(C)CCCCC1.CC(C)(C)NC(=O)N[C@H](C(=O)OC(C)(C)C)C(C)(C)C.CC(C)(C)NC(=O)OC(C)(C)C.CC(C)(C)NC(=O)OCc1ccccc1.CC(C)OC(=O)NC(C)(C)C. The summed E-state index contributed by atoms with van der Waals surface area (Å²) in [6, 6.07) is 8.38. The van der Waals surface area contributed by atoms with E-state index in [1.165, 1.54) is 19.3 Å². The summed E-state index contributed by atoms with van der Waals surface area (Å²) >= 11 is 0. The number of rotatable bonds is 6. The van der Waals surface area contributed by atoms with Gasteiger partial charge in [0.15, 0.2) is 0 Å². The number of nitrogens with one attached hydrogen (secondary N) is 9. The molecule has 1 aliphatic rings. The average molecular weight is 1210 g/mol. The molecule has 9 N–H and O–H groups in total. The molecule has 0 aliphatic heterocycles. The van der Waals surface area contributed by atoms with Crippen LogP contribution in [0, 0.1) is 5.41 Å². The first-order valence-corrected chi connectivity index (χ1v) is 29.9. The molecule has 0 spiro atoms. The van der Waals surface area contributed by atoms with Crippen molar-refractivity contribution in [2.45, 2.75) is 335 Å². The first-order chi connectivity index (χ1) is 37.4. The van der Waals surface area contributed by atoms with E-state index in [1.54, 1.807) is 20.8 Å². The molecule has 1 atom stereocenters. The fourth-order valence-electron chi connectivity index (χ4n) is 6.54. The molecule has 1 fully saturated rings. The average Bonchev–Trinajstić information content (AvgIpc) is 3.17. The lowest BCUT2D eigenvalue weighted by atomic mass is 9.83. The molecule has 0 heterocycles. The van der Waals surface area contributed by atoms with Crippen LogP contribution in [0.3, 0.4) is 0 Å². The van der Waals surface area contributed by atoms with E-state index in [0.717, 1.165) is 18.4 Å². The summed E-state index contributed by atoms with van der Waals surface area (Å²) in [5.74, 6) is -0.422. The molecule has 0 aromatic heterocycles. The lowest BCUT2D eigenvalue weighted by Gasteiger charge is -2.35. The monoisotopic (exact) mass is 1210 g/mol. The van der Waals surface area contributed by atoms with Gasteiger partial charge in [-0.15, -0.1) is 0 Å². The molecule has 1 aromatic rings. The smallest absolute Gasteiger partial charge is 0.408 e. The van der Waals surface area contributed by atoms with Gasteiger partial charge in [-0.25, -0.2) is 33.6 Å². The van der Waals surface area contributed by atoms with Crippen LogP contribution in [0.1, 0.15) is 266 Å². The van der Waals surface area contributed by atoms with Crippen molar-refractivity contribution >= 4 is 42.3 Å². The summed E-state index contributed by atoms with van der Waals surface area (Å²) in [7, 11) is 0. The number of hydrogen-bond acceptors (Lipinski definition) is 11. The molecule has 0 unspecified atom stereocenters. The summed E-state index contributed by atoms with van der Waals surface area (Å²) in [6.45, 7) is 63.3. The molecular formula is C65H127N9O11. The van der Waals surface area contributed by atoms with Crippen LogP contribution in [0.25, 0.3) is 0 Å². The third kappa shape index (κ3) is 62.7. The molecule has 1 aromatic carbocycles. The van der Waals surface area contributed by atoms with Gasteiger partial charge in [-0.05, 0) is 232 Å². The standard InChI is InChI=1S/C15H30N2O3.C12H24N2O.C12H17NO2.C9H20N2O.C9H19NO2.C8H17NO2/c1-13(2,3)10(11(18)20-15(7,8)9)16-12(19)17-14(4,5)6;1-11(2,3)13-10(15)14-12(4)8-6-5-7-9-12;1-12(2,3)13-11(14)15-9-10-7-5-4-6-8-10;1-8(2,3)10-7(12)11-9(4,5)6;1-8(2,3)10-7(11)12-9(4,5)6;1-6(2)11-7(10)9-8(3,4)5/h10H,1-9H3,(H2,16,17,19);5-9H2,1-4H3,(H2,13,14,15);4-8H,9H2,1-3H3,(H,13,14);1-6H3,(H2,10,11,12);1-6H3,(H,10,11);6H,1-5H3,(H,9,10)/t10-;;;;;/m1...../s1. The Balaban J connectivity index is -0.000000469. The zero-order chi connectivity index (χ0) is 68.2. The van der Waals surface area contributed by atoms with E-state index in [4.69, 9.17) is 18.9 Å². The maximum Gasteiger partial charge on any atom is 0.408 e. The minimum atomic E-state index is -0.705. The summed E-state index contributed by atoms with van der Waals surface area (Å²) < 4.78 is 20.4. The zero-order valence-electron chi connectivity index (χ0n) is 59.8. The topological polar surface area (TPSA) is 265 Å². The van der Waals surface area contributed by atoms with Crippen LogP contribution in [-0.2, 0) is 30.3 Å². The summed E-state index contributed by atoms with van der Waals surface area (Å²) in [5, 5.41) is 25.3. The molecule has 0 bridgehead atoms. The van der Waals surface area contributed by atoms with Gasteiger partial charge in [0.1, 0.15) is 23.9 Å². The van der Waals surface area contributed by atoms with Gasteiger partial charge in [-0.3, -0.25) is 0 Å². The predicted molar refractivity (Wildman–Crippen MR) is 348 cm³/mol. The molecular weight excluding hydrogens is 1080 g/mol. The van der Waals surface area contributed by atoms with Crippen molar-refractivity contribution in [2.75, 3.05) is 0 Å². The maximum atomic E-state index is 12.2. The number of esters is 1. The fraction of sp³-hybridized carbons (Fsp3) is 0.800. The number of hydrogen-bond donors (Lipinski definition) is 9. The van der Waals surface area contributed by atoms with E-state index < -0.39 is 28.6 Å². The van der Waals surface area contributed by atoms with E-state index >= 15 is 0 Å². The molecule has 0 saturated heterocycles. The van der Waals surface area contributed by atoms with E-state index in [-0.39, 0.29) is 86.8 Å². The lowest BCUT2D eigenvalue weighted by Crippen LogP contribution is -2.56. The number of urea groups is 3. The highest BCUT2D eigenvalue weighted by Gasteiger charge is 2.37. The van der Waals surface area contributed by atoms with Gasteiger partial charge < -0.3 is 66.8 Å². The Morgan fingerprint density at radius 2 is 0.776 bits per heavy atom. The zero-order valence-corrected chi connectivity index (χ0v) is 59.8. The van der Waals surface area contributed by atoms with E-state index in [1.807, 2.05) is 231 Å². The van der Waals surface area contributed by atoms with Crippen molar-refractivity contribution in [3.8, 4) is 0 Å². The molecule has 20 heteroatoms. The second kappa shape index (κ2) is 35.8. The van der Waals surface area contributed by atoms with E-state index in [9.17, 15) is 33.6 Å². The van der Waals surface area contributed by atoms with Gasteiger partial charge in [-0.1, -0.05) is 70.4 Å². The first kappa shape index (κ1) is 85.8. The Bertz CT molecular complexity index is 2050. The van der Waals surface area contributed by atoms with Crippen LogP contribution in [0.2, 0.25) is 0 Å². The van der Waals surface area contributed by atoms with Gasteiger partial charge in [0.25, 0.3) is 0 Å². The van der Waals surface area contributed by atoms with Gasteiger partial charge >= 0.3 is 42.3 Å². The van der Waals surface area contributed by atoms with E-state index in [0.29, 0.717) is 6.61 Å². The van der Waals surface area contributed by atoms with Crippen LogP contribution < -0.4 is 47.9 Å². The highest BCUT2D eigenvalue weighted by molar-refractivity contribution is 5.84. The minimum Gasteiger partial charge on any atom is -0.458 e. The Kier molecular flexibility index (Phi) is 36.1. The minimum absolute atomic E-state index is 0.00752. The van der Waals surface area contributed by atoms with Crippen LogP contribution in [0.15, 0.2) is 30.3 Å². The van der Waals surface area contributed by atoms with Crippen molar-refractivity contribution in [1.82, 2.24) is 47.9 Å². The Hall–Kier alpha value is -5.69. The number of carbonyl (C=O) groups excluding carboxylic acids is 7. The Morgan fingerprint density at radius 1 is 0.435 bits per heavy atom. The molecule has 1 aliphatic carbocycles. The van der Waals surface area contributed by atoms with Crippen molar-refractivity contribution in [3.63, 3.8) is 0 Å². The summed E-state index contributed by atoms with van der Waals surface area (Å²) in [4.78, 5) is 80.5. The van der Waals surface area contributed by atoms with Gasteiger partial charge in [0.2, 0.25) is 0 Å². The second-order valence-electron chi connectivity index (χ2n) is 32.4. The molecule has 2 rings (SSSR count). The number of benzene rings is 1. The number of alkyl carbamates (subject to hydrolysis) is 3. The quantitative estimate of drug-likeness (QED) is 0.0955. The number of amides is 9. The van der Waals surface area contributed by atoms with Gasteiger partial charge in [0, 0.05) is 44.3 Å². The summed E-state index contributed by atoms with van der Waals surface area (Å²) in [6.07, 6.45) is 4.80. The molecule has 498 valence electrons. The van der Waals surface area contributed by atoms with Crippen molar-refractivity contribution < 1.29 is 52.5 Å². The molecule has 85 heavy (non-hydrogen) atoms. The van der Waals surface area contributed by atoms with Crippen molar-refractivity contribution in [1.29, 1.82) is 0 Å². The number of ether oxygens (including phenoxy) is 4. The third-order valence-electron chi connectivity index (χ3n) is 9.50. The largest absolute Gasteiger partial charge is 0.458 e. The molecule has 0 radical (unpaired) electrons. The van der Waals surface area contributed by atoms with Crippen molar-refractivity contribution in [3.05, 3.63) is 35.9 Å². The fourth-order valence-corrected chi connectivity index (χ4v) is 6.54. The first-order valence-electron chi connectivity index (χ1n) is 29.9. The van der Waals surface area contributed by atoms with Crippen LogP contribution in [0.4, 0.5) is 28.8 Å². The molecule has 1 saturated carbocycles. The summed E-state index contributed by atoms with van der Waals surface area (Å²) in [5.41, 5.74) is -2.01. The Morgan fingerprint density at radius 3 is 1.12 bits per heavy atom. The van der Waals surface area contributed by atoms with Gasteiger partial charge in [-0.2, -0.15) is 0 Å². The van der Waals surface area contributed by atoms with Crippen LogP contribution >= 0.6 is 0 Å². The second-order valence-corrected chi connectivity index (χ2v) is 32.4. The maximum absolute atomic E-state index is 12.2. The molecule has 20 nitrogen and oxygen atoms in total. The lowest BCUT2D eigenvalue weighted by molar-refractivity contribution is -0.160. The highest BCUT2D eigenvalue weighted by Crippen LogP contribution is 2.27. The van der Waals surface area contributed by atoms with Crippen LogP contribution in [0.5, 0.6) is 0 Å². The predicted octanol–water partition coefficient (Wildman–Crippen LogP) is 14.5. The van der Waals surface area contributed by atoms with Gasteiger partial charge in [0.05, 0.1) is 6.10 Å².